The van der Waals surface area contributed by atoms with E-state index in [2.05, 4.69) is 22.9 Å². The Morgan fingerprint density at radius 3 is 2.89 bits per heavy atom. The predicted octanol–water partition coefficient (Wildman–Crippen LogP) is 1.81. The lowest BCUT2D eigenvalue weighted by Gasteiger charge is -2.37. The molecule has 2 fully saturated rings. The van der Waals surface area contributed by atoms with Crippen LogP contribution in [0.2, 0.25) is 0 Å². The molecule has 0 aromatic rings. The Kier molecular flexibility index (Phi) is 5.04. The van der Waals surface area contributed by atoms with E-state index in [-0.39, 0.29) is 30.1 Å². The van der Waals surface area contributed by atoms with E-state index in [4.69, 9.17) is 9.47 Å². The molecule has 0 saturated carbocycles. The van der Waals surface area contributed by atoms with Gasteiger partial charge in [0.25, 0.3) is 0 Å². The van der Waals surface area contributed by atoms with Gasteiger partial charge in [0.1, 0.15) is 0 Å². The third-order valence-electron chi connectivity index (χ3n) is 3.74. The molecule has 2 rings (SSSR count). The van der Waals surface area contributed by atoms with Crippen LogP contribution in [0.3, 0.4) is 0 Å². The summed E-state index contributed by atoms with van der Waals surface area (Å²) in [6.07, 6.45) is 2.12. The van der Waals surface area contributed by atoms with Crippen molar-refractivity contribution in [3.63, 3.8) is 0 Å². The molecule has 4 nitrogen and oxygen atoms in total. The van der Waals surface area contributed by atoms with Gasteiger partial charge < -0.3 is 14.4 Å². The fourth-order valence-corrected chi connectivity index (χ4v) is 3.24. The molecular formula is C13H22BrNO3. The molecule has 2 aliphatic rings. The van der Waals surface area contributed by atoms with Crippen molar-refractivity contribution in [1.82, 2.24) is 4.90 Å². The first-order valence-corrected chi connectivity index (χ1v) is 7.89. The van der Waals surface area contributed by atoms with E-state index in [0.29, 0.717) is 13.1 Å². The first-order chi connectivity index (χ1) is 8.65. The maximum absolute atomic E-state index is 12.6. The fourth-order valence-electron chi connectivity index (χ4n) is 2.88. The van der Waals surface area contributed by atoms with Crippen molar-refractivity contribution in [2.75, 3.05) is 25.0 Å². The van der Waals surface area contributed by atoms with E-state index in [9.17, 15) is 4.79 Å². The van der Waals surface area contributed by atoms with Crippen LogP contribution >= 0.6 is 15.9 Å². The quantitative estimate of drug-likeness (QED) is 0.745. The zero-order chi connectivity index (χ0) is 13.1. The van der Waals surface area contributed by atoms with Gasteiger partial charge in [0.05, 0.1) is 24.2 Å². The molecule has 0 aromatic carbocycles. The minimum atomic E-state index is 0.0521. The van der Waals surface area contributed by atoms with Crippen molar-refractivity contribution < 1.29 is 14.3 Å². The first kappa shape index (κ1) is 14.3. The number of halogens is 1. The third-order valence-corrected chi connectivity index (χ3v) is 4.46. The lowest BCUT2D eigenvalue weighted by molar-refractivity contribution is -0.148. The molecule has 2 heterocycles. The standard InChI is InChI=1S/C13H22BrNO3/c1-3-12-11(4-5-17-12)13(16)15-7-9(2)18-10(6-14)8-15/h9-12H,3-8H2,1-2H3. The Balaban J connectivity index is 1.99. The number of carbonyl (C=O) groups excluding carboxylic acids is 1. The summed E-state index contributed by atoms with van der Waals surface area (Å²) in [6.45, 7) is 6.23. The van der Waals surface area contributed by atoms with E-state index in [1.54, 1.807) is 0 Å². The minimum absolute atomic E-state index is 0.0521. The number of hydrogen-bond donors (Lipinski definition) is 0. The highest BCUT2D eigenvalue weighted by Gasteiger charge is 2.38. The maximum atomic E-state index is 12.6. The van der Waals surface area contributed by atoms with Crippen molar-refractivity contribution >= 4 is 21.8 Å². The molecule has 4 atom stereocenters. The summed E-state index contributed by atoms with van der Waals surface area (Å²) in [4.78, 5) is 14.5. The van der Waals surface area contributed by atoms with E-state index >= 15 is 0 Å². The molecular weight excluding hydrogens is 298 g/mol. The number of rotatable bonds is 3. The number of alkyl halides is 1. The molecule has 0 spiro atoms. The monoisotopic (exact) mass is 319 g/mol. The summed E-state index contributed by atoms with van der Waals surface area (Å²) in [5.41, 5.74) is 0. The molecule has 104 valence electrons. The van der Waals surface area contributed by atoms with Gasteiger partial charge in [0.2, 0.25) is 5.91 Å². The fraction of sp³-hybridized carbons (Fsp3) is 0.923. The van der Waals surface area contributed by atoms with Gasteiger partial charge >= 0.3 is 0 Å². The van der Waals surface area contributed by atoms with Crippen molar-refractivity contribution in [3.8, 4) is 0 Å². The van der Waals surface area contributed by atoms with Gasteiger partial charge in [-0.25, -0.2) is 0 Å². The Hall–Kier alpha value is -0.130. The highest BCUT2D eigenvalue weighted by atomic mass is 79.9. The SMILES string of the molecule is CCC1OCCC1C(=O)N1CC(C)OC(CBr)C1. The topological polar surface area (TPSA) is 38.8 Å². The normalized spacial score (nSPS) is 36.9. The average Bonchev–Trinajstić information content (AvgIpc) is 2.85. The summed E-state index contributed by atoms with van der Waals surface area (Å²) >= 11 is 3.44. The van der Waals surface area contributed by atoms with Crippen LogP contribution in [0.4, 0.5) is 0 Å². The number of ether oxygens (including phenoxy) is 2. The van der Waals surface area contributed by atoms with Crippen LogP contribution in [0.1, 0.15) is 26.7 Å². The van der Waals surface area contributed by atoms with E-state index in [1.165, 1.54) is 0 Å². The second-order valence-corrected chi connectivity index (χ2v) is 5.83. The third kappa shape index (κ3) is 3.06. The number of amides is 1. The van der Waals surface area contributed by atoms with Crippen LogP contribution in [0.25, 0.3) is 0 Å². The van der Waals surface area contributed by atoms with Crippen LogP contribution in [0, 0.1) is 5.92 Å². The van der Waals surface area contributed by atoms with Gasteiger partial charge in [-0.2, -0.15) is 0 Å². The van der Waals surface area contributed by atoms with E-state index in [0.717, 1.165) is 24.8 Å². The van der Waals surface area contributed by atoms with Crippen molar-refractivity contribution in [2.45, 2.75) is 45.0 Å². The molecule has 0 bridgehead atoms. The van der Waals surface area contributed by atoms with Crippen LogP contribution in [-0.4, -0.2) is 54.1 Å². The Labute approximate surface area is 117 Å². The lowest BCUT2D eigenvalue weighted by Crippen LogP contribution is -2.52. The number of hydrogen-bond acceptors (Lipinski definition) is 3. The first-order valence-electron chi connectivity index (χ1n) is 6.77. The molecule has 2 aliphatic heterocycles. The Bertz CT molecular complexity index is 300. The number of carbonyl (C=O) groups is 1. The highest BCUT2D eigenvalue weighted by molar-refractivity contribution is 9.09. The second-order valence-electron chi connectivity index (χ2n) is 5.18. The summed E-state index contributed by atoms with van der Waals surface area (Å²) in [7, 11) is 0. The van der Waals surface area contributed by atoms with Crippen LogP contribution in [0.15, 0.2) is 0 Å². The molecule has 1 amide bonds. The number of nitrogens with zero attached hydrogens (tertiary/aromatic N) is 1. The van der Waals surface area contributed by atoms with Gasteiger partial charge in [0, 0.05) is 25.0 Å². The minimum Gasteiger partial charge on any atom is -0.377 e. The van der Waals surface area contributed by atoms with Crippen molar-refractivity contribution in [2.24, 2.45) is 5.92 Å². The van der Waals surface area contributed by atoms with Gasteiger partial charge in [0.15, 0.2) is 0 Å². The van der Waals surface area contributed by atoms with Crippen LogP contribution in [-0.2, 0) is 14.3 Å². The molecule has 5 heteroatoms. The molecule has 2 saturated heterocycles. The van der Waals surface area contributed by atoms with Crippen LogP contribution < -0.4 is 0 Å². The van der Waals surface area contributed by atoms with Crippen molar-refractivity contribution in [3.05, 3.63) is 0 Å². The Morgan fingerprint density at radius 2 is 2.22 bits per heavy atom. The summed E-state index contributed by atoms with van der Waals surface area (Å²) in [6, 6.07) is 0. The Morgan fingerprint density at radius 1 is 1.44 bits per heavy atom. The van der Waals surface area contributed by atoms with Gasteiger partial charge in [-0.1, -0.05) is 22.9 Å². The molecule has 18 heavy (non-hydrogen) atoms. The van der Waals surface area contributed by atoms with Gasteiger partial charge in [-0.15, -0.1) is 0 Å². The highest BCUT2D eigenvalue weighted by Crippen LogP contribution is 2.27. The lowest BCUT2D eigenvalue weighted by atomic mass is 9.97. The summed E-state index contributed by atoms with van der Waals surface area (Å²) in [5, 5.41) is 0.777. The summed E-state index contributed by atoms with van der Waals surface area (Å²) in [5.74, 6) is 0.303. The van der Waals surface area contributed by atoms with Crippen molar-refractivity contribution in [1.29, 1.82) is 0 Å². The van der Waals surface area contributed by atoms with E-state index < -0.39 is 0 Å². The largest absolute Gasteiger partial charge is 0.377 e. The van der Waals surface area contributed by atoms with Gasteiger partial charge in [-0.05, 0) is 19.8 Å². The number of morpholine rings is 1. The van der Waals surface area contributed by atoms with E-state index in [1.807, 2.05) is 11.8 Å². The van der Waals surface area contributed by atoms with Crippen LogP contribution in [0.5, 0.6) is 0 Å². The maximum Gasteiger partial charge on any atom is 0.228 e. The summed E-state index contributed by atoms with van der Waals surface area (Å²) < 4.78 is 11.4. The molecule has 4 unspecified atom stereocenters. The molecule has 0 radical (unpaired) electrons. The predicted molar refractivity (Wildman–Crippen MR) is 72.8 cm³/mol. The van der Waals surface area contributed by atoms with Gasteiger partial charge in [-0.3, -0.25) is 4.79 Å². The zero-order valence-electron chi connectivity index (χ0n) is 11.1. The molecule has 0 aromatic heterocycles. The smallest absolute Gasteiger partial charge is 0.228 e. The average molecular weight is 320 g/mol. The molecule has 0 aliphatic carbocycles. The molecule has 0 N–H and O–H groups in total. The second kappa shape index (κ2) is 6.35. The zero-order valence-corrected chi connectivity index (χ0v) is 12.7.